The molecule has 0 aromatic carbocycles. The fourth-order valence-electron chi connectivity index (χ4n) is 3.44. The Bertz CT molecular complexity index is 439. The van der Waals surface area contributed by atoms with Gasteiger partial charge in [-0.25, -0.2) is 0 Å². The molecule has 7 heteroatoms. The van der Waals surface area contributed by atoms with Crippen LogP contribution in [0.15, 0.2) is 4.99 Å². The topological polar surface area (TPSA) is 57.2 Å². The van der Waals surface area contributed by atoms with Crippen molar-refractivity contribution in [3.05, 3.63) is 0 Å². The van der Waals surface area contributed by atoms with E-state index in [4.69, 9.17) is 9.73 Å². The summed E-state index contributed by atoms with van der Waals surface area (Å²) in [5.41, 5.74) is 0. The van der Waals surface area contributed by atoms with Crippen LogP contribution >= 0.6 is 24.0 Å². The Hall–Kier alpha value is -0.570. The first kappa shape index (κ1) is 22.5. The highest BCUT2D eigenvalue weighted by Crippen LogP contribution is 2.34. The van der Waals surface area contributed by atoms with Gasteiger partial charge in [-0.1, -0.05) is 0 Å². The number of nitrogens with zero attached hydrogens (tertiary/aromatic N) is 3. The van der Waals surface area contributed by atoms with Crippen LogP contribution < -0.4 is 5.32 Å². The molecule has 1 aliphatic carbocycles. The van der Waals surface area contributed by atoms with Gasteiger partial charge in [-0.2, -0.15) is 0 Å². The van der Waals surface area contributed by atoms with E-state index >= 15 is 0 Å². The summed E-state index contributed by atoms with van der Waals surface area (Å²) in [5, 5.41) is 3.40. The second-order valence-corrected chi connectivity index (χ2v) is 7.10. The Balaban J connectivity index is 0.00000312. The van der Waals surface area contributed by atoms with Gasteiger partial charge >= 0.3 is 5.97 Å². The lowest BCUT2D eigenvalue weighted by molar-refractivity contribution is -0.149. The normalized spacial score (nSPS) is 22.4. The smallest absolute Gasteiger partial charge is 0.310 e. The van der Waals surface area contributed by atoms with Crippen molar-refractivity contribution in [1.29, 1.82) is 0 Å². The van der Waals surface area contributed by atoms with Gasteiger partial charge in [0.25, 0.3) is 0 Å². The molecule has 0 aromatic rings. The maximum Gasteiger partial charge on any atom is 0.310 e. The number of piperidine rings is 1. The molecule has 2 atom stereocenters. The van der Waals surface area contributed by atoms with E-state index in [9.17, 15) is 4.79 Å². The van der Waals surface area contributed by atoms with E-state index < -0.39 is 0 Å². The van der Waals surface area contributed by atoms with E-state index in [-0.39, 0.29) is 35.9 Å². The van der Waals surface area contributed by atoms with Crippen LogP contribution in [-0.4, -0.2) is 74.7 Å². The van der Waals surface area contributed by atoms with E-state index in [1.54, 1.807) is 0 Å². The molecule has 25 heavy (non-hydrogen) atoms. The summed E-state index contributed by atoms with van der Waals surface area (Å²) in [7, 11) is 4.28. The minimum absolute atomic E-state index is 0. The Kier molecular flexibility index (Phi) is 10.1. The first-order chi connectivity index (χ1) is 11.6. The second-order valence-electron chi connectivity index (χ2n) is 7.10. The zero-order valence-electron chi connectivity index (χ0n) is 16.2. The van der Waals surface area contributed by atoms with Crippen LogP contribution in [0, 0.1) is 11.8 Å². The van der Waals surface area contributed by atoms with Crippen LogP contribution in [0.4, 0.5) is 0 Å². The lowest BCUT2D eigenvalue weighted by Gasteiger charge is -2.34. The van der Waals surface area contributed by atoms with E-state index in [1.165, 1.54) is 12.8 Å². The molecule has 2 aliphatic rings. The van der Waals surface area contributed by atoms with Crippen LogP contribution in [0.25, 0.3) is 0 Å². The van der Waals surface area contributed by atoms with Gasteiger partial charge in [0, 0.05) is 25.7 Å². The Morgan fingerprint density at radius 1 is 1.32 bits per heavy atom. The molecule has 0 spiro atoms. The predicted octanol–water partition coefficient (Wildman–Crippen LogP) is 2.19. The third-order valence-electron chi connectivity index (χ3n) is 4.93. The molecule has 1 saturated carbocycles. The first-order valence-corrected chi connectivity index (χ1v) is 9.43. The summed E-state index contributed by atoms with van der Waals surface area (Å²) in [6.07, 6.45) is 4.57. The number of hydrogen-bond donors (Lipinski definition) is 1. The molecule has 0 amide bonds. The Morgan fingerprint density at radius 2 is 2.04 bits per heavy atom. The van der Waals surface area contributed by atoms with Crippen molar-refractivity contribution in [1.82, 2.24) is 15.1 Å². The van der Waals surface area contributed by atoms with Gasteiger partial charge in [0.2, 0.25) is 0 Å². The number of ether oxygens (including phenoxy) is 1. The van der Waals surface area contributed by atoms with Crippen LogP contribution in [-0.2, 0) is 9.53 Å². The molecule has 1 N–H and O–H groups in total. The standard InChI is InChI=1S/C18H34N4O2.HI/c1-5-19-18(20-12-16(21(3)4)14-9-10-14)22-11-7-8-15(13-22)17(23)24-6-2;/h14-16H,5-13H2,1-4H3,(H,19,20);1H. The molecular weight excluding hydrogens is 431 g/mol. The summed E-state index contributed by atoms with van der Waals surface area (Å²) in [5.74, 6) is 1.64. The summed E-state index contributed by atoms with van der Waals surface area (Å²) >= 11 is 0. The number of carbonyl (C=O) groups is 1. The van der Waals surface area contributed by atoms with Crippen molar-refractivity contribution in [3.8, 4) is 0 Å². The number of esters is 1. The quantitative estimate of drug-likeness (QED) is 0.270. The predicted molar refractivity (Wildman–Crippen MR) is 113 cm³/mol. The first-order valence-electron chi connectivity index (χ1n) is 9.43. The summed E-state index contributed by atoms with van der Waals surface area (Å²) < 4.78 is 5.21. The van der Waals surface area contributed by atoms with Crippen molar-refractivity contribution >= 4 is 35.9 Å². The minimum Gasteiger partial charge on any atom is -0.466 e. The van der Waals surface area contributed by atoms with Gasteiger partial charge in [-0.05, 0) is 59.5 Å². The monoisotopic (exact) mass is 466 g/mol. The SMILES string of the molecule is CCNC(=NCC(C1CC1)N(C)C)N1CCCC(C(=O)OCC)C1.I. The Morgan fingerprint density at radius 3 is 2.60 bits per heavy atom. The average molecular weight is 466 g/mol. The van der Waals surface area contributed by atoms with Crippen molar-refractivity contribution in [2.24, 2.45) is 16.8 Å². The third-order valence-corrected chi connectivity index (χ3v) is 4.93. The number of rotatable bonds is 7. The van der Waals surface area contributed by atoms with Gasteiger partial charge < -0.3 is 19.9 Å². The molecule has 2 fully saturated rings. The minimum atomic E-state index is -0.0674. The van der Waals surface area contributed by atoms with Crippen LogP contribution in [0.2, 0.25) is 0 Å². The maximum atomic E-state index is 12.1. The number of halogens is 1. The number of carbonyl (C=O) groups excluding carboxylic acids is 1. The largest absolute Gasteiger partial charge is 0.466 e. The zero-order chi connectivity index (χ0) is 17.5. The van der Waals surface area contributed by atoms with E-state index in [1.807, 2.05) is 6.92 Å². The van der Waals surface area contributed by atoms with Gasteiger partial charge in [0.05, 0.1) is 19.1 Å². The third kappa shape index (κ3) is 6.92. The van der Waals surface area contributed by atoms with E-state index in [0.29, 0.717) is 19.2 Å². The number of hydrogen-bond acceptors (Lipinski definition) is 4. The number of likely N-dealkylation sites (tertiary alicyclic amines) is 1. The van der Waals surface area contributed by atoms with E-state index in [0.717, 1.165) is 44.4 Å². The summed E-state index contributed by atoms with van der Waals surface area (Å²) in [6, 6.07) is 0.518. The van der Waals surface area contributed by atoms with Crippen molar-refractivity contribution in [2.45, 2.75) is 45.6 Å². The molecule has 1 saturated heterocycles. The maximum absolute atomic E-state index is 12.1. The molecular formula is C18H35IN4O2. The van der Waals surface area contributed by atoms with Crippen LogP contribution in [0.3, 0.4) is 0 Å². The van der Waals surface area contributed by atoms with Gasteiger partial charge in [0.1, 0.15) is 0 Å². The van der Waals surface area contributed by atoms with Crippen LogP contribution in [0.5, 0.6) is 0 Å². The molecule has 1 aliphatic heterocycles. The highest BCUT2D eigenvalue weighted by molar-refractivity contribution is 14.0. The van der Waals surface area contributed by atoms with Gasteiger partial charge in [-0.15, -0.1) is 24.0 Å². The van der Waals surface area contributed by atoms with Crippen LogP contribution in [0.1, 0.15) is 39.5 Å². The van der Waals surface area contributed by atoms with E-state index in [2.05, 4.69) is 36.1 Å². The Labute approximate surface area is 169 Å². The highest BCUT2D eigenvalue weighted by Gasteiger charge is 2.33. The molecule has 6 nitrogen and oxygen atoms in total. The fourth-order valence-corrected chi connectivity index (χ4v) is 3.44. The highest BCUT2D eigenvalue weighted by atomic mass is 127. The second kappa shape index (κ2) is 11.2. The molecule has 2 unspecified atom stereocenters. The molecule has 0 bridgehead atoms. The van der Waals surface area contributed by atoms with Gasteiger partial charge in [0.15, 0.2) is 5.96 Å². The number of likely N-dealkylation sites (N-methyl/N-ethyl adjacent to an activating group) is 1. The number of aliphatic imine (C=N–C) groups is 1. The number of nitrogens with one attached hydrogen (secondary N) is 1. The molecule has 146 valence electrons. The summed E-state index contributed by atoms with van der Waals surface area (Å²) in [4.78, 5) is 21.5. The molecule has 1 heterocycles. The average Bonchev–Trinajstić information content (AvgIpc) is 3.39. The van der Waals surface area contributed by atoms with Crippen molar-refractivity contribution in [2.75, 3.05) is 46.9 Å². The lowest BCUT2D eigenvalue weighted by atomic mass is 9.98. The molecule has 0 aromatic heterocycles. The summed E-state index contributed by atoms with van der Waals surface area (Å²) in [6.45, 7) is 7.74. The molecule has 0 radical (unpaired) electrons. The molecule has 2 rings (SSSR count). The zero-order valence-corrected chi connectivity index (χ0v) is 18.5. The van der Waals surface area contributed by atoms with Crippen molar-refractivity contribution in [3.63, 3.8) is 0 Å². The lowest BCUT2D eigenvalue weighted by Crippen LogP contribution is -2.48. The number of guanidine groups is 1. The van der Waals surface area contributed by atoms with Gasteiger partial charge in [-0.3, -0.25) is 9.79 Å². The fraction of sp³-hybridized carbons (Fsp3) is 0.889. The van der Waals surface area contributed by atoms with Crippen molar-refractivity contribution < 1.29 is 9.53 Å².